The van der Waals surface area contributed by atoms with Gasteiger partial charge in [0.1, 0.15) is 0 Å². The normalized spacial score (nSPS) is 10.7. The topological polar surface area (TPSA) is 80.9 Å². The summed E-state index contributed by atoms with van der Waals surface area (Å²) in [5, 5.41) is 16.7. The second-order valence-electron chi connectivity index (χ2n) is 4.52. The van der Waals surface area contributed by atoms with E-state index in [4.69, 9.17) is 5.11 Å². The van der Waals surface area contributed by atoms with Crippen molar-refractivity contribution in [3.63, 3.8) is 0 Å². The molecule has 0 bridgehead atoms. The average Bonchev–Trinajstić information content (AvgIpc) is 2.82. The molecule has 6 nitrogen and oxygen atoms in total. The van der Waals surface area contributed by atoms with Gasteiger partial charge in [0.05, 0.1) is 12.2 Å². The molecule has 0 aliphatic rings. The number of aromatic nitrogens is 4. The van der Waals surface area contributed by atoms with Crippen LogP contribution < -0.4 is 0 Å². The number of halogens is 1. The predicted octanol–water partition coefficient (Wildman–Crippen LogP) is 2.28. The SMILES string of the molecule is O=C(O)CCCCc1cn(Cc2cncc(Br)c2)nn1. The molecular formula is C13H15BrN4O2. The Morgan fingerprint density at radius 1 is 1.35 bits per heavy atom. The van der Waals surface area contributed by atoms with Crippen molar-refractivity contribution in [3.8, 4) is 0 Å². The number of hydrogen-bond acceptors (Lipinski definition) is 4. The first-order valence-electron chi connectivity index (χ1n) is 6.34. The first kappa shape index (κ1) is 14.6. The number of aliphatic carboxylic acids is 1. The van der Waals surface area contributed by atoms with Crippen LogP contribution in [0.1, 0.15) is 30.5 Å². The summed E-state index contributed by atoms with van der Waals surface area (Å²) >= 11 is 3.38. The van der Waals surface area contributed by atoms with Crippen LogP contribution in [0.2, 0.25) is 0 Å². The van der Waals surface area contributed by atoms with E-state index in [1.807, 2.05) is 12.3 Å². The van der Waals surface area contributed by atoms with Gasteiger partial charge in [-0.05, 0) is 46.8 Å². The minimum absolute atomic E-state index is 0.206. The van der Waals surface area contributed by atoms with Gasteiger partial charge in [0.25, 0.3) is 0 Å². The maximum atomic E-state index is 10.4. The van der Waals surface area contributed by atoms with Gasteiger partial charge in [-0.3, -0.25) is 9.78 Å². The van der Waals surface area contributed by atoms with Crippen LogP contribution in [0.4, 0.5) is 0 Å². The molecule has 0 spiro atoms. The Morgan fingerprint density at radius 3 is 2.95 bits per heavy atom. The molecule has 0 fully saturated rings. The molecule has 2 heterocycles. The highest BCUT2D eigenvalue weighted by Gasteiger charge is 2.03. The minimum atomic E-state index is -0.754. The summed E-state index contributed by atoms with van der Waals surface area (Å²) in [5.41, 5.74) is 1.93. The van der Waals surface area contributed by atoms with Crippen molar-refractivity contribution in [2.45, 2.75) is 32.2 Å². The number of rotatable bonds is 7. The Kier molecular flexibility index (Phi) is 5.23. The van der Waals surface area contributed by atoms with E-state index in [1.165, 1.54) is 0 Å². The summed E-state index contributed by atoms with van der Waals surface area (Å²) in [6, 6.07) is 1.99. The van der Waals surface area contributed by atoms with E-state index < -0.39 is 5.97 Å². The van der Waals surface area contributed by atoms with Gasteiger partial charge in [0, 0.05) is 29.5 Å². The van der Waals surface area contributed by atoms with Crippen molar-refractivity contribution in [2.24, 2.45) is 0 Å². The van der Waals surface area contributed by atoms with Crippen molar-refractivity contribution in [2.75, 3.05) is 0 Å². The molecule has 0 unspecified atom stereocenters. The van der Waals surface area contributed by atoms with Gasteiger partial charge in [-0.1, -0.05) is 5.21 Å². The zero-order chi connectivity index (χ0) is 14.4. The monoisotopic (exact) mass is 338 g/mol. The van der Waals surface area contributed by atoms with E-state index >= 15 is 0 Å². The molecule has 0 atom stereocenters. The number of aryl methyl sites for hydroxylation is 1. The van der Waals surface area contributed by atoms with Crippen molar-refractivity contribution in [1.29, 1.82) is 0 Å². The van der Waals surface area contributed by atoms with E-state index in [-0.39, 0.29) is 6.42 Å². The number of unbranched alkanes of at least 4 members (excludes halogenated alkanes) is 1. The fourth-order valence-corrected chi connectivity index (χ4v) is 2.25. The molecule has 106 valence electrons. The fraction of sp³-hybridized carbons (Fsp3) is 0.385. The summed E-state index contributed by atoms with van der Waals surface area (Å²) in [4.78, 5) is 14.5. The largest absolute Gasteiger partial charge is 0.481 e. The van der Waals surface area contributed by atoms with Gasteiger partial charge in [-0.15, -0.1) is 5.10 Å². The van der Waals surface area contributed by atoms with Gasteiger partial charge >= 0.3 is 5.97 Å². The minimum Gasteiger partial charge on any atom is -0.481 e. The van der Waals surface area contributed by atoms with Crippen LogP contribution in [0, 0.1) is 0 Å². The third-order valence-electron chi connectivity index (χ3n) is 2.77. The smallest absolute Gasteiger partial charge is 0.303 e. The number of nitrogens with zero attached hydrogens (tertiary/aromatic N) is 4. The van der Waals surface area contributed by atoms with Crippen LogP contribution in [0.15, 0.2) is 29.1 Å². The fourth-order valence-electron chi connectivity index (χ4n) is 1.84. The maximum absolute atomic E-state index is 10.4. The van der Waals surface area contributed by atoms with Crippen LogP contribution in [0.5, 0.6) is 0 Å². The Labute approximate surface area is 125 Å². The van der Waals surface area contributed by atoms with Crippen LogP contribution in [0.3, 0.4) is 0 Å². The molecular weight excluding hydrogens is 324 g/mol. The maximum Gasteiger partial charge on any atom is 0.303 e. The molecule has 2 rings (SSSR count). The zero-order valence-corrected chi connectivity index (χ0v) is 12.5. The summed E-state index contributed by atoms with van der Waals surface area (Å²) < 4.78 is 2.69. The highest BCUT2D eigenvalue weighted by molar-refractivity contribution is 9.10. The van der Waals surface area contributed by atoms with Crippen molar-refractivity contribution >= 4 is 21.9 Å². The standard InChI is InChI=1S/C13H15BrN4O2/c14-11-5-10(6-15-7-11)8-18-9-12(16-17-18)3-1-2-4-13(19)20/h5-7,9H,1-4,8H2,(H,19,20). The van der Waals surface area contributed by atoms with Crippen LogP contribution in [0.25, 0.3) is 0 Å². The summed E-state index contributed by atoms with van der Waals surface area (Å²) in [6.07, 6.45) is 7.85. The molecule has 0 saturated carbocycles. The first-order valence-corrected chi connectivity index (χ1v) is 7.13. The summed E-state index contributed by atoms with van der Waals surface area (Å²) in [5.74, 6) is -0.754. The Balaban J connectivity index is 1.84. The van der Waals surface area contributed by atoms with Crippen molar-refractivity contribution in [3.05, 3.63) is 40.4 Å². The Hall–Kier alpha value is -1.76. The molecule has 2 aromatic heterocycles. The molecule has 0 radical (unpaired) electrons. The summed E-state index contributed by atoms with van der Waals surface area (Å²) in [6.45, 7) is 0.620. The third kappa shape index (κ3) is 4.73. The number of hydrogen-bond donors (Lipinski definition) is 1. The lowest BCUT2D eigenvalue weighted by molar-refractivity contribution is -0.137. The van der Waals surface area contributed by atoms with Gasteiger partial charge in [0.2, 0.25) is 0 Å². The first-order chi connectivity index (χ1) is 9.63. The average molecular weight is 339 g/mol. The lowest BCUT2D eigenvalue weighted by atomic mass is 10.1. The third-order valence-corrected chi connectivity index (χ3v) is 3.20. The second-order valence-corrected chi connectivity index (χ2v) is 5.44. The molecule has 0 amide bonds. The molecule has 0 aromatic carbocycles. The molecule has 0 aliphatic carbocycles. The van der Waals surface area contributed by atoms with E-state index in [1.54, 1.807) is 17.1 Å². The quantitative estimate of drug-likeness (QED) is 0.783. The molecule has 0 saturated heterocycles. The highest BCUT2D eigenvalue weighted by Crippen LogP contribution is 2.11. The van der Waals surface area contributed by atoms with E-state index in [0.29, 0.717) is 13.0 Å². The highest BCUT2D eigenvalue weighted by atomic mass is 79.9. The van der Waals surface area contributed by atoms with Gasteiger partial charge < -0.3 is 5.11 Å². The number of carbonyl (C=O) groups is 1. The number of carboxylic acids is 1. The van der Waals surface area contributed by atoms with Crippen LogP contribution in [-0.2, 0) is 17.8 Å². The molecule has 1 N–H and O–H groups in total. The van der Waals surface area contributed by atoms with Crippen molar-refractivity contribution in [1.82, 2.24) is 20.0 Å². The number of carboxylic acid groups (broad SMARTS) is 1. The Bertz CT molecular complexity index is 585. The van der Waals surface area contributed by atoms with Gasteiger partial charge in [-0.25, -0.2) is 4.68 Å². The second kappa shape index (κ2) is 7.14. The van der Waals surface area contributed by atoms with Gasteiger partial charge in [-0.2, -0.15) is 0 Å². The number of pyridine rings is 1. The van der Waals surface area contributed by atoms with Gasteiger partial charge in [0.15, 0.2) is 0 Å². The molecule has 20 heavy (non-hydrogen) atoms. The lowest BCUT2D eigenvalue weighted by Crippen LogP contribution is -2.00. The van der Waals surface area contributed by atoms with E-state index in [0.717, 1.165) is 28.6 Å². The molecule has 2 aromatic rings. The summed E-state index contributed by atoms with van der Waals surface area (Å²) in [7, 11) is 0. The molecule has 7 heteroatoms. The van der Waals surface area contributed by atoms with Crippen molar-refractivity contribution < 1.29 is 9.90 Å². The van der Waals surface area contributed by atoms with Crippen LogP contribution in [-0.4, -0.2) is 31.1 Å². The Morgan fingerprint density at radius 2 is 2.20 bits per heavy atom. The van der Waals surface area contributed by atoms with E-state index in [2.05, 4.69) is 31.2 Å². The van der Waals surface area contributed by atoms with E-state index in [9.17, 15) is 4.79 Å². The predicted molar refractivity (Wildman–Crippen MR) is 76.3 cm³/mol. The van der Waals surface area contributed by atoms with Crippen LogP contribution >= 0.6 is 15.9 Å². The zero-order valence-electron chi connectivity index (χ0n) is 10.9. The molecule has 0 aliphatic heterocycles. The lowest BCUT2D eigenvalue weighted by Gasteiger charge is -2.00.